The van der Waals surface area contributed by atoms with Gasteiger partial charge in [-0.1, -0.05) is 100 Å². The van der Waals surface area contributed by atoms with E-state index in [4.69, 9.17) is 9.47 Å². The van der Waals surface area contributed by atoms with E-state index in [1.165, 1.54) is 87.0 Å². The van der Waals surface area contributed by atoms with Gasteiger partial charge in [-0.25, -0.2) is 0 Å². The van der Waals surface area contributed by atoms with Gasteiger partial charge in [0.2, 0.25) is 0 Å². The molecule has 6 heteroatoms. The summed E-state index contributed by atoms with van der Waals surface area (Å²) in [6.45, 7) is 16.0. The van der Waals surface area contributed by atoms with Crippen molar-refractivity contribution in [1.82, 2.24) is 0 Å². The third-order valence-electron chi connectivity index (χ3n) is 6.32. The molecule has 0 aromatic rings. The van der Waals surface area contributed by atoms with Gasteiger partial charge >= 0.3 is 0 Å². The first-order valence-electron chi connectivity index (χ1n) is 13.2. The maximum atomic E-state index is 6.32. The molecule has 0 rings (SSSR count). The molecule has 30 heavy (non-hydrogen) atoms. The van der Waals surface area contributed by atoms with E-state index in [9.17, 15) is 0 Å². The van der Waals surface area contributed by atoms with E-state index in [2.05, 4.69) is 63.1 Å². The van der Waals surface area contributed by atoms with Gasteiger partial charge in [0.15, 0.2) is 0 Å². The van der Waals surface area contributed by atoms with E-state index < -0.39 is 17.6 Å². The average molecular weight is 495 g/mol. The van der Waals surface area contributed by atoms with Crippen molar-refractivity contribution >= 4 is 39.2 Å². The maximum Gasteiger partial charge on any atom is 0.0711 e. The van der Waals surface area contributed by atoms with Gasteiger partial charge < -0.3 is 9.47 Å². The molecule has 0 amide bonds. The van der Waals surface area contributed by atoms with Crippen LogP contribution in [0.3, 0.4) is 0 Å². The molecule has 2 atom stereocenters. The molecule has 2 nitrogen and oxygen atoms in total. The lowest BCUT2D eigenvalue weighted by molar-refractivity contribution is 0.0929. The van der Waals surface area contributed by atoms with Gasteiger partial charge in [0.25, 0.3) is 0 Å². The number of ether oxygens (including phenoxy) is 2. The van der Waals surface area contributed by atoms with E-state index in [0.717, 1.165) is 13.2 Å². The minimum absolute atomic E-state index is 0.614. The standard InChI is InChI=1S/C24H54O2S2Si2/c1-7-13-19-25-23(29(9-3)10-4)17-15-21-27-28-22-16-18-24(26-20-14-8-2)30(11-5)12-6/h23-24,29-30H,7-22H2,1-6H3. The Morgan fingerprint density at radius 3 is 1.23 bits per heavy atom. The van der Waals surface area contributed by atoms with Crippen LogP contribution in [0.4, 0.5) is 0 Å². The van der Waals surface area contributed by atoms with Crippen LogP contribution in [0.15, 0.2) is 0 Å². The molecule has 0 aliphatic rings. The van der Waals surface area contributed by atoms with Crippen molar-refractivity contribution < 1.29 is 9.47 Å². The molecule has 0 saturated carbocycles. The van der Waals surface area contributed by atoms with Crippen LogP contribution in [-0.4, -0.2) is 53.8 Å². The normalized spacial score (nSPS) is 14.0. The van der Waals surface area contributed by atoms with Crippen LogP contribution in [0.25, 0.3) is 0 Å². The fourth-order valence-electron chi connectivity index (χ4n) is 4.10. The molecule has 0 aromatic heterocycles. The number of unbranched alkanes of at least 4 members (excludes halogenated alkanes) is 2. The highest BCUT2D eigenvalue weighted by Gasteiger charge is 2.21. The van der Waals surface area contributed by atoms with Crippen LogP contribution in [0, 0.1) is 0 Å². The Balaban J connectivity index is 4.02. The molecule has 0 spiro atoms. The Hall–Kier alpha value is 1.05. The first-order valence-corrected chi connectivity index (χ1v) is 20.2. The zero-order chi connectivity index (χ0) is 22.5. The summed E-state index contributed by atoms with van der Waals surface area (Å²) in [6.07, 6.45) is 10.2. The van der Waals surface area contributed by atoms with E-state index in [-0.39, 0.29) is 0 Å². The minimum atomic E-state index is -0.708. The molecule has 0 N–H and O–H groups in total. The van der Waals surface area contributed by atoms with Crippen LogP contribution in [0.2, 0.25) is 24.2 Å². The van der Waals surface area contributed by atoms with Gasteiger partial charge in [-0.05, 0) is 38.5 Å². The van der Waals surface area contributed by atoms with Crippen molar-refractivity contribution in [2.45, 2.75) is 129 Å². The summed E-state index contributed by atoms with van der Waals surface area (Å²) in [4.78, 5) is 0. The Labute approximate surface area is 201 Å². The molecule has 0 fully saturated rings. The Bertz CT molecular complexity index is 311. The quantitative estimate of drug-likeness (QED) is 0.0815. The third kappa shape index (κ3) is 15.8. The van der Waals surface area contributed by atoms with Gasteiger partial charge in [0.05, 0.1) is 17.6 Å². The van der Waals surface area contributed by atoms with Crippen molar-refractivity contribution in [3.8, 4) is 0 Å². The van der Waals surface area contributed by atoms with Gasteiger partial charge in [-0.15, -0.1) is 0 Å². The van der Waals surface area contributed by atoms with Gasteiger partial charge in [0.1, 0.15) is 0 Å². The van der Waals surface area contributed by atoms with E-state index >= 15 is 0 Å². The van der Waals surface area contributed by atoms with Gasteiger partial charge in [-0.3, -0.25) is 0 Å². The van der Waals surface area contributed by atoms with E-state index in [0.29, 0.717) is 11.5 Å². The van der Waals surface area contributed by atoms with Gasteiger partial charge in [0, 0.05) is 36.2 Å². The summed E-state index contributed by atoms with van der Waals surface area (Å²) in [7, 11) is 2.76. The lowest BCUT2D eigenvalue weighted by Gasteiger charge is -2.25. The summed E-state index contributed by atoms with van der Waals surface area (Å²) in [5.41, 5.74) is 1.23. The van der Waals surface area contributed by atoms with Crippen LogP contribution in [0.5, 0.6) is 0 Å². The molecule has 0 aromatic carbocycles. The molecule has 182 valence electrons. The largest absolute Gasteiger partial charge is 0.382 e. The van der Waals surface area contributed by atoms with Crippen LogP contribution in [-0.2, 0) is 9.47 Å². The summed E-state index contributed by atoms with van der Waals surface area (Å²) in [6, 6.07) is 5.54. The van der Waals surface area contributed by atoms with Gasteiger partial charge in [-0.2, -0.15) is 0 Å². The molecular weight excluding hydrogens is 441 g/mol. The second-order valence-electron chi connectivity index (χ2n) is 8.61. The lowest BCUT2D eigenvalue weighted by atomic mass is 10.3. The lowest BCUT2D eigenvalue weighted by Crippen LogP contribution is -2.32. The summed E-state index contributed by atoms with van der Waals surface area (Å²) < 4.78 is 12.6. The van der Waals surface area contributed by atoms with Crippen LogP contribution in [0.1, 0.15) is 92.9 Å². The van der Waals surface area contributed by atoms with Crippen molar-refractivity contribution in [2.75, 3.05) is 24.7 Å². The van der Waals surface area contributed by atoms with Crippen LogP contribution >= 0.6 is 21.6 Å². The summed E-state index contributed by atoms with van der Waals surface area (Å²) in [5, 5.41) is 0. The highest BCUT2D eigenvalue weighted by molar-refractivity contribution is 8.76. The molecule has 0 saturated heterocycles. The molecule has 0 radical (unpaired) electrons. The fourth-order valence-corrected chi connectivity index (χ4v) is 11.8. The smallest absolute Gasteiger partial charge is 0.0711 e. The highest BCUT2D eigenvalue weighted by Crippen LogP contribution is 2.26. The van der Waals surface area contributed by atoms with Crippen molar-refractivity contribution in [3.05, 3.63) is 0 Å². The Morgan fingerprint density at radius 2 is 0.933 bits per heavy atom. The third-order valence-corrected chi connectivity index (χ3v) is 16.3. The minimum Gasteiger partial charge on any atom is -0.382 e. The molecule has 2 unspecified atom stereocenters. The SMILES string of the molecule is CCCCOC(CCCSSCCCC(OCCCC)[SiH](CC)CC)[SiH](CC)CC. The van der Waals surface area contributed by atoms with E-state index in [1.807, 2.05) is 0 Å². The summed E-state index contributed by atoms with van der Waals surface area (Å²) in [5.74, 6) is 2.56. The fraction of sp³-hybridized carbons (Fsp3) is 1.00. The summed E-state index contributed by atoms with van der Waals surface area (Å²) >= 11 is 0. The number of hydrogen-bond acceptors (Lipinski definition) is 4. The van der Waals surface area contributed by atoms with E-state index in [1.54, 1.807) is 0 Å². The zero-order valence-electron chi connectivity index (χ0n) is 21.3. The first-order chi connectivity index (χ1) is 14.7. The molecule has 0 bridgehead atoms. The van der Waals surface area contributed by atoms with Crippen LogP contribution < -0.4 is 0 Å². The second-order valence-corrected chi connectivity index (χ2v) is 19.1. The number of hydrogen-bond donors (Lipinski definition) is 0. The van der Waals surface area contributed by atoms with Crippen molar-refractivity contribution in [2.24, 2.45) is 0 Å². The molecule has 0 aliphatic carbocycles. The second kappa shape index (κ2) is 23.2. The monoisotopic (exact) mass is 494 g/mol. The Kier molecular flexibility index (Phi) is 24.0. The predicted octanol–water partition coefficient (Wildman–Crippen LogP) is 7.91. The highest BCUT2D eigenvalue weighted by atomic mass is 33.1. The molecular formula is C24H54O2S2Si2. The molecule has 0 heterocycles. The average Bonchev–Trinajstić information content (AvgIpc) is 2.76. The molecule has 0 aliphatic heterocycles. The maximum absolute atomic E-state index is 6.32. The first kappa shape index (κ1) is 31.1. The topological polar surface area (TPSA) is 18.5 Å². The van der Waals surface area contributed by atoms with Crippen molar-refractivity contribution in [3.63, 3.8) is 0 Å². The zero-order valence-corrected chi connectivity index (χ0v) is 25.2. The van der Waals surface area contributed by atoms with Crippen molar-refractivity contribution in [1.29, 1.82) is 0 Å². The number of rotatable bonds is 23. The predicted molar refractivity (Wildman–Crippen MR) is 149 cm³/mol. The Morgan fingerprint density at radius 1 is 0.567 bits per heavy atom.